The van der Waals surface area contributed by atoms with Crippen molar-refractivity contribution in [1.29, 1.82) is 0 Å². The molecule has 13 heteroatoms. The first-order chi connectivity index (χ1) is 15.4. The second-order valence-corrected chi connectivity index (χ2v) is 8.35. The standard InChI is InChI=1S/C20H25BF6NO5/c1-30-16-4-2-14(3-5-16)11-31-13-17(20(22,23)24)33-18(29)28-8-6-19(7-9-28)10-15(12-32-19)21(25,26)27/h2-5,15,17H,6-13H2,1H3/q-1/t15?,17-/m1/s1. The maximum atomic E-state index is 13.4. The van der Waals surface area contributed by atoms with Crippen molar-refractivity contribution in [2.24, 2.45) is 0 Å². The van der Waals surface area contributed by atoms with Crippen LogP contribution in [0, 0.1) is 0 Å². The topological polar surface area (TPSA) is 57.2 Å². The van der Waals surface area contributed by atoms with Gasteiger partial charge >= 0.3 is 19.2 Å². The van der Waals surface area contributed by atoms with Crippen molar-refractivity contribution < 1.29 is 49.9 Å². The summed E-state index contributed by atoms with van der Waals surface area (Å²) in [5, 5.41) is 0. The van der Waals surface area contributed by atoms with E-state index in [1.165, 1.54) is 7.11 Å². The van der Waals surface area contributed by atoms with E-state index in [1.807, 2.05) is 0 Å². The monoisotopic (exact) mass is 484 g/mol. The van der Waals surface area contributed by atoms with Gasteiger partial charge in [0.2, 0.25) is 6.10 Å². The first-order valence-corrected chi connectivity index (χ1v) is 10.5. The Kier molecular flexibility index (Phi) is 7.72. The van der Waals surface area contributed by atoms with Gasteiger partial charge in [0.25, 0.3) is 0 Å². The van der Waals surface area contributed by atoms with Gasteiger partial charge in [-0.15, -0.1) is 0 Å². The van der Waals surface area contributed by atoms with Gasteiger partial charge in [-0.2, -0.15) is 13.2 Å². The van der Waals surface area contributed by atoms with Crippen molar-refractivity contribution in [2.75, 3.05) is 33.4 Å². The van der Waals surface area contributed by atoms with E-state index in [-0.39, 0.29) is 39.0 Å². The number of carbonyl (C=O) groups is 1. The molecule has 1 spiro atoms. The van der Waals surface area contributed by atoms with Gasteiger partial charge in [-0.3, -0.25) is 0 Å². The molecule has 2 atom stereocenters. The quantitative estimate of drug-likeness (QED) is 0.413. The highest BCUT2D eigenvalue weighted by Crippen LogP contribution is 2.46. The highest BCUT2D eigenvalue weighted by atomic mass is 19.4. The Labute approximate surface area is 187 Å². The lowest BCUT2D eigenvalue weighted by atomic mass is 9.68. The van der Waals surface area contributed by atoms with E-state index >= 15 is 0 Å². The molecule has 6 nitrogen and oxygen atoms in total. The SMILES string of the molecule is COc1ccc(COC[C@@H](OC(=O)N2CCC3(CC2)CC([B-](F)(F)F)CO3)C(F)(F)F)cc1. The normalized spacial score (nSPS) is 21.8. The van der Waals surface area contributed by atoms with Crippen LogP contribution in [-0.4, -0.2) is 69.3 Å². The summed E-state index contributed by atoms with van der Waals surface area (Å²) in [4.78, 5) is 13.4. The van der Waals surface area contributed by atoms with Gasteiger partial charge in [-0.1, -0.05) is 12.1 Å². The molecular formula is C20H25BF6NO5-. The Morgan fingerprint density at radius 1 is 1.21 bits per heavy atom. The zero-order valence-electron chi connectivity index (χ0n) is 18.0. The van der Waals surface area contributed by atoms with Gasteiger partial charge in [0, 0.05) is 19.7 Å². The fourth-order valence-corrected chi connectivity index (χ4v) is 3.96. The lowest BCUT2D eigenvalue weighted by molar-refractivity contribution is -0.220. The molecule has 0 bridgehead atoms. The summed E-state index contributed by atoms with van der Waals surface area (Å²) in [6.45, 7) is -6.56. The molecule has 1 aromatic carbocycles. The Bertz CT molecular complexity index is 796. The van der Waals surface area contributed by atoms with E-state index < -0.39 is 50.0 Å². The summed E-state index contributed by atoms with van der Waals surface area (Å²) in [6, 6.07) is 6.53. The predicted molar refractivity (Wildman–Crippen MR) is 106 cm³/mol. The third kappa shape index (κ3) is 6.69. The molecule has 1 amide bonds. The van der Waals surface area contributed by atoms with Crippen LogP contribution in [0.3, 0.4) is 0 Å². The maximum absolute atomic E-state index is 13.4. The molecule has 0 saturated carbocycles. The van der Waals surface area contributed by atoms with Crippen LogP contribution < -0.4 is 4.74 Å². The fourth-order valence-electron chi connectivity index (χ4n) is 3.96. The van der Waals surface area contributed by atoms with Crippen molar-refractivity contribution >= 4 is 13.1 Å². The minimum atomic E-state index is -5.03. The molecule has 2 saturated heterocycles. The molecule has 1 aromatic rings. The minimum absolute atomic E-state index is 0.0479. The summed E-state index contributed by atoms with van der Waals surface area (Å²) in [5.74, 6) is -0.928. The Morgan fingerprint density at radius 3 is 2.36 bits per heavy atom. The van der Waals surface area contributed by atoms with Crippen LogP contribution in [0.5, 0.6) is 5.75 Å². The van der Waals surface area contributed by atoms with Crippen LogP contribution in [-0.2, 0) is 20.8 Å². The molecule has 3 rings (SSSR count). The van der Waals surface area contributed by atoms with E-state index in [4.69, 9.17) is 14.2 Å². The summed E-state index contributed by atoms with van der Waals surface area (Å²) in [7, 11) is 1.48. The van der Waals surface area contributed by atoms with Gasteiger partial charge in [0.15, 0.2) is 0 Å². The number of hydrogen-bond donors (Lipinski definition) is 0. The Morgan fingerprint density at radius 2 is 1.85 bits per heavy atom. The van der Waals surface area contributed by atoms with Crippen LogP contribution in [0.25, 0.3) is 0 Å². The molecular weight excluding hydrogens is 459 g/mol. The molecule has 0 aliphatic carbocycles. The molecule has 1 unspecified atom stereocenters. The number of alkyl halides is 3. The Hall–Kier alpha value is -2.15. The van der Waals surface area contributed by atoms with Crippen LogP contribution in [0.1, 0.15) is 24.8 Å². The van der Waals surface area contributed by atoms with Gasteiger partial charge in [-0.05, 0) is 42.8 Å². The average Bonchev–Trinajstić information content (AvgIpc) is 3.17. The third-order valence-electron chi connectivity index (χ3n) is 6.01. The lowest BCUT2D eigenvalue weighted by Crippen LogP contribution is -2.49. The van der Waals surface area contributed by atoms with Gasteiger partial charge in [-0.25, -0.2) is 4.79 Å². The molecule has 0 N–H and O–H groups in total. The van der Waals surface area contributed by atoms with Crippen LogP contribution in [0.2, 0.25) is 5.82 Å². The first kappa shape index (κ1) is 25.5. The molecule has 2 fully saturated rings. The highest BCUT2D eigenvalue weighted by molar-refractivity contribution is 6.60. The lowest BCUT2D eigenvalue weighted by Gasteiger charge is -2.39. The van der Waals surface area contributed by atoms with E-state index in [0.29, 0.717) is 11.3 Å². The number of piperidine rings is 1. The number of methoxy groups -OCH3 is 1. The zero-order valence-corrected chi connectivity index (χ0v) is 18.0. The van der Waals surface area contributed by atoms with Crippen LogP contribution in [0.15, 0.2) is 24.3 Å². The predicted octanol–water partition coefficient (Wildman–Crippen LogP) is 4.75. The van der Waals surface area contributed by atoms with Gasteiger partial charge in [0.05, 0.1) is 25.9 Å². The van der Waals surface area contributed by atoms with Crippen molar-refractivity contribution in [3.05, 3.63) is 29.8 Å². The Balaban J connectivity index is 1.49. The number of halogens is 6. The van der Waals surface area contributed by atoms with Crippen LogP contribution >= 0.6 is 0 Å². The number of rotatable bonds is 7. The zero-order chi connectivity index (χ0) is 24.3. The van der Waals surface area contributed by atoms with E-state index in [2.05, 4.69) is 4.74 Å². The minimum Gasteiger partial charge on any atom is -0.497 e. The number of nitrogens with zero attached hydrogens (tertiary/aromatic N) is 1. The molecule has 186 valence electrons. The van der Waals surface area contributed by atoms with Gasteiger partial charge in [0.1, 0.15) is 5.75 Å². The van der Waals surface area contributed by atoms with E-state index in [1.54, 1.807) is 24.3 Å². The number of hydrogen-bond acceptors (Lipinski definition) is 5. The third-order valence-corrected chi connectivity index (χ3v) is 6.01. The van der Waals surface area contributed by atoms with Crippen molar-refractivity contribution in [1.82, 2.24) is 4.90 Å². The maximum Gasteiger partial charge on any atom is 0.483 e. The van der Waals surface area contributed by atoms with Crippen molar-refractivity contribution in [3.8, 4) is 5.75 Å². The average molecular weight is 484 g/mol. The molecule has 2 aliphatic heterocycles. The molecule has 33 heavy (non-hydrogen) atoms. The highest BCUT2D eigenvalue weighted by Gasteiger charge is 2.50. The van der Waals surface area contributed by atoms with Crippen molar-refractivity contribution in [2.45, 2.75) is 49.6 Å². The second-order valence-electron chi connectivity index (χ2n) is 8.35. The number of ether oxygens (including phenoxy) is 4. The molecule has 2 aliphatic rings. The summed E-state index contributed by atoms with van der Waals surface area (Å²) in [5.41, 5.74) is -0.386. The second kappa shape index (κ2) is 10.0. The number of benzene rings is 1. The van der Waals surface area contributed by atoms with Gasteiger partial charge < -0.3 is 36.8 Å². The van der Waals surface area contributed by atoms with E-state index in [9.17, 15) is 30.9 Å². The number of likely N-dealkylation sites (tertiary alicyclic amines) is 1. The summed E-state index contributed by atoms with van der Waals surface area (Å²) in [6.07, 6.45) is -8.48. The largest absolute Gasteiger partial charge is 0.497 e. The first-order valence-electron chi connectivity index (χ1n) is 10.5. The molecule has 0 aromatic heterocycles. The summed E-state index contributed by atoms with van der Waals surface area (Å²) < 4.78 is 99.1. The molecule has 0 radical (unpaired) electrons. The number of carbonyl (C=O) groups excluding carboxylic acids is 1. The van der Waals surface area contributed by atoms with Crippen LogP contribution in [0.4, 0.5) is 30.9 Å². The molecule has 2 heterocycles. The van der Waals surface area contributed by atoms with E-state index in [0.717, 1.165) is 4.90 Å². The number of amides is 1. The summed E-state index contributed by atoms with van der Waals surface area (Å²) >= 11 is 0. The smallest absolute Gasteiger partial charge is 0.483 e. The fraction of sp³-hybridized carbons (Fsp3) is 0.650. The van der Waals surface area contributed by atoms with Crippen molar-refractivity contribution in [3.63, 3.8) is 0 Å².